The van der Waals surface area contributed by atoms with Gasteiger partial charge in [0.2, 0.25) is 0 Å². The van der Waals surface area contributed by atoms with Gasteiger partial charge in [0, 0.05) is 162 Å². The standard InChI is InChI=1S/C48H29N3O2.C44H27N3O2.C43H28N4O/c1-3-16-34(17-4-1)51(35-18-5-2-6-19-35)36-25-26-38-42(29-36)53-46-37-20-10-9-15-32(37)28-40(43(38)46)48-49-44(33-24-23-30-13-7-8-14-31(30)27-33)47-45(50-48)39-21-11-12-22-41(39)52-47;1-4-14-28(15-5-1)40-43-41(35-22-12-13-23-37(35)48-43)46-44(45-40)36-26-29-16-10-11-21-33(29)42-39(36)34-25-24-32(27-38(34)49-42)47(30-17-6-2-7-18-30)31-19-8-3-9-20-31;1-5-15-29(16-6-1)41-44-42(30-17-7-2-8-18-30)46-43(45-41)38-28-37-36-27-33(25-26-39(36)48-40(37)35-24-14-13-23-34(35)38)47(31-19-9-3-10-20-31)32-21-11-4-12-22-32/h1-29H;1-27H;1-28H. The maximum absolute atomic E-state index is 6.90. The van der Waals surface area contributed by atoms with E-state index in [0.717, 1.165) is 238 Å². The largest absolute Gasteiger partial charge is 0.455 e. The van der Waals surface area contributed by atoms with Crippen LogP contribution in [0.25, 0.3) is 232 Å². The quantitative estimate of drug-likeness (QED) is 0.0896. The van der Waals surface area contributed by atoms with E-state index >= 15 is 0 Å². The Morgan fingerprint density at radius 3 is 0.920 bits per heavy atom. The Morgan fingerprint density at radius 2 is 0.473 bits per heavy atom. The van der Waals surface area contributed by atoms with Crippen LogP contribution in [0.2, 0.25) is 0 Å². The lowest BCUT2D eigenvalue weighted by molar-refractivity contribution is 0.667. The normalized spacial score (nSPS) is 11.6. The predicted molar refractivity (Wildman–Crippen MR) is 612 cm³/mol. The predicted octanol–water partition coefficient (Wildman–Crippen LogP) is 37.0. The maximum atomic E-state index is 6.90. The molecule has 8 heterocycles. The van der Waals surface area contributed by atoms with Crippen molar-refractivity contribution in [2.24, 2.45) is 0 Å². The van der Waals surface area contributed by atoms with Crippen LogP contribution in [0.3, 0.4) is 0 Å². The summed E-state index contributed by atoms with van der Waals surface area (Å²) in [6, 6.07) is 175. The zero-order chi connectivity index (χ0) is 99.1. The van der Waals surface area contributed by atoms with Gasteiger partial charge in [0.15, 0.2) is 40.3 Å². The van der Waals surface area contributed by atoms with Crippen molar-refractivity contribution in [3.63, 3.8) is 0 Å². The van der Waals surface area contributed by atoms with E-state index in [-0.39, 0.29) is 0 Å². The number of aromatic nitrogens is 7. The van der Waals surface area contributed by atoms with Crippen molar-refractivity contribution in [3.05, 3.63) is 510 Å². The average Bonchev–Trinajstić information content (AvgIpc) is 1.56. The van der Waals surface area contributed by atoms with E-state index in [0.29, 0.717) is 40.3 Å². The number of nitrogens with zero attached hydrogens (tertiary/aromatic N) is 10. The zero-order valence-corrected chi connectivity index (χ0v) is 80.5. The summed E-state index contributed by atoms with van der Waals surface area (Å²) in [5.41, 5.74) is 26.9. The van der Waals surface area contributed by atoms with Crippen molar-refractivity contribution >= 4 is 204 Å². The summed E-state index contributed by atoms with van der Waals surface area (Å²) >= 11 is 0. The summed E-state index contributed by atoms with van der Waals surface area (Å²) in [5, 5.41) is 16.4. The second-order valence-electron chi connectivity index (χ2n) is 37.2. The van der Waals surface area contributed by atoms with Gasteiger partial charge in [0.25, 0.3) is 0 Å². The van der Waals surface area contributed by atoms with Crippen molar-refractivity contribution in [1.29, 1.82) is 0 Å². The van der Waals surface area contributed by atoms with Gasteiger partial charge >= 0.3 is 0 Å². The SMILES string of the molecule is c1ccc(-c2nc(-c3cc4ccccc4c4oc5cc(N(c6ccccc6)c6ccccc6)ccc5c34)nc3c2oc2ccccc23)cc1.c1ccc(-c2nc(-c3ccccc3)nc(-c3cc4c5cc(N(c6ccccc6)c6ccccc6)ccc5oc4c4ccccc34)n2)cc1.c1ccc(N(c2ccccc2)c2ccc3c(c2)oc2c4ccccc4cc(-c4nc(-c5ccc6ccccc6c5)c5oc6ccccc6c5n4)c32)cc1. The first-order chi connectivity index (χ1) is 74.4. The highest BCUT2D eigenvalue weighted by atomic mass is 16.3. The van der Waals surface area contributed by atoms with E-state index in [9.17, 15) is 0 Å². The molecule has 0 saturated heterocycles. The first-order valence-corrected chi connectivity index (χ1v) is 50.0. The highest BCUT2D eigenvalue weighted by Crippen LogP contribution is 2.51. The minimum absolute atomic E-state index is 0.613. The van der Waals surface area contributed by atoms with Crippen molar-refractivity contribution < 1.29 is 22.1 Å². The smallest absolute Gasteiger partial charge is 0.180 e. The molecular weight excluding hydrogens is 1840 g/mol. The van der Waals surface area contributed by atoms with E-state index < -0.39 is 0 Å². The summed E-state index contributed by atoms with van der Waals surface area (Å²) in [7, 11) is 0. The lowest BCUT2D eigenvalue weighted by Gasteiger charge is -2.25. The fourth-order valence-corrected chi connectivity index (χ4v) is 21.2. The Labute approximate surface area is 859 Å². The van der Waals surface area contributed by atoms with Crippen LogP contribution in [0.5, 0.6) is 0 Å². The molecule has 0 aliphatic rings. The van der Waals surface area contributed by atoms with Gasteiger partial charge in [-0.3, -0.25) is 0 Å². The van der Waals surface area contributed by atoms with Gasteiger partial charge in [-0.05, 0) is 191 Å². The Hall–Kier alpha value is -20.6. The molecule has 0 atom stereocenters. The summed E-state index contributed by atoms with van der Waals surface area (Å²) in [6.45, 7) is 0. The highest BCUT2D eigenvalue weighted by Gasteiger charge is 2.30. The molecule has 0 aliphatic heterocycles. The monoisotopic (exact) mass is 1920 g/mol. The Bertz CT molecular complexity index is 10300. The zero-order valence-electron chi connectivity index (χ0n) is 80.5. The second-order valence-corrected chi connectivity index (χ2v) is 37.2. The molecule has 30 rings (SSSR count). The molecule has 0 saturated carbocycles. The Morgan fingerprint density at radius 1 is 0.147 bits per heavy atom. The second kappa shape index (κ2) is 37.0. The topological polar surface area (TPSA) is 166 Å². The molecule has 0 amide bonds. The van der Waals surface area contributed by atoms with E-state index in [1.54, 1.807) is 0 Å². The molecule has 150 heavy (non-hydrogen) atoms. The van der Waals surface area contributed by atoms with E-state index in [2.05, 4.69) is 367 Å². The minimum atomic E-state index is 0.613. The van der Waals surface area contributed by atoms with Crippen LogP contribution in [0.4, 0.5) is 51.2 Å². The van der Waals surface area contributed by atoms with Gasteiger partial charge in [-0.1, -0.05) is 334 Å². The van der Waals surface area contributed by atoms with Crippen LogP contribution in [0, 0.1) is 0 Å². The molecule has 0 aliphatic carbocycles. The molecule has 0 radical (unpaired) electrons. The van der Waals surface area contributed by atoms with Crippen molar-refractivity contribution in [3.8, 4) is 79.5 Å². The maximum Gasteiger partial charge on any atom is 0.180 e. The third-order valence-corrected chi connectivity index (χ3v) is 28.1. The summed E-state index contributed by atoms with van der Waals surface area (Å²) in [5.74, 6) is 3.11. The molecule has 0 bridgehead atoms. The third kappa shape index (κ3) is 15.6. The van der Waals surface area contributed by atoms with Crippen molar-refractivity contribution in [1.82, 2.24) is 34.9 Å². The molecule has 15 nitrogen and oxygen atoms in total. The van der Waals surface area contributed by atoms with Gasteiger partial charge in [0.05, 0.1) is 0 Å². The Kier molecular flexibility index (Phi) is 21.5. The van der Waals surface area contributed by atoms with Crippen LogP contribution in [0.15, 0.2) is 532 Å². The summed E-state index contributed by atoms with van der Waals surface area (Å²) in [4.78, 5) is 43.0. The molecule has 0 fully saturated rings. The molecule has 22 aromatic carbocycles. The van der Waals surface area contributed by atoms with Gasteiger partial charge in [-0.2, -0.15) is 0 Å². The highest BCUT2D eigenvalue weighted by molar-refractivity contribution is 6.25. The fourth-order valence-electron chi connectivity index (χ4n) is 21.2. The minimum Gasteiger partial charge on any atom is -0.455 e. The van der Waals surface area contributed by atoms with E-state index in [4.69, 9.17) is 57.0 Å². The number of furan rings is 5. The first-order valence-electron chi connectivity index (χ1n) is 50.0. The molecule has 0 unspecified atom stereocenters. The van der Waals surface area contributed by atoms with Crippen LogP contribution in [-0.2, 0) is 0 Å². The fraction of sp³-hybridized carbons (Fsp3) is 0. The van der Waals surface area contributed by atoms with Crippen molar-refractivity contribution in [2.45, 2.75) is 0 Å². The molecule has 8 aromatic heterocycles. The number of para-hydroxylation sites is 8. The molecule has 0 N–H and O–H groups in total. The van der Waals surface area contributed by atoms with Gasteiger partial charge in [-0.15, -0.1) is 0 Å². The van der Waals surface area contributed by atoms with Crippen molar-refractivity contribution in [2.75, 3.05) is 14.7 Å². The summed E-state index contributed by atoms with van der Waals surface area (Å²) < 4.78 is 33.3. The average molecular weight is 1930 g/mol. The number of hydrogen-bond donors (Lipinski definition) is 0. The lowest BCUT2D eigenvalue weighted by atomic mass is 9.99. The number of hydrogen-bond acceptors (Lipinski definition) is 15. The van der Waals surface area contributed by atoms with E-state index in [1.807, 2.05) is 158 Å². The van der Waals surface area contributed by atoms with E-state index in [1.165, 1.54) is 5.39 Å². The van der Waals surface area contributed by atoms with Gasteiger partial charge in [0.1, 0.15) is 67.1 Å². The number of fused-ring (bicyclic) bond motifs is 22. The van der Waals surface area contributed by atoms with Crippen LogP contribution >= 0.6 is 0 Å². The molecule has 30 aromatic rings. The van der Waals surface area contributed by atoms with Gasteiger partial charge in [-0.25, -0.2) is 34.9 Å². The third-order valence-electron chi connectivity index (χ3n) is 28.1. The molecular formula is C135H84N10O5. The summed E-state index contributed by atoms with van der Waals surface area (Å²) in [6.07, 6.45) is 0. The first kappa shape index (κ1) is 87.3. The van der Waals surface area contributed by atoms with Crippen LogP contribution in [0.1, 0.15) is 0 Å². The number of rotatable bonds is 16. The van der Waals surface area contributed by atoms with Gasteiger partial charge < -0.3 is 36.8 Å². The molecule has 704 valence electrons. The van der Waals surface area contributed by atoms with Crippen LogP contribution in [-0.4, -0.2) is 34.9 Å². The molecule has 15 heteroatoms. The number of benzene rings is 22. The Balaban J connectivity index is 0.000000108. The lowest BCUT2D eigenvalue weighted by Crippen LogP contribution is -2.09. The van der Waals surface area contributed by atoms with Crippen LogP contribution < -0.4 is 14.7 Å². The molecule has 0 spiro atoms. The number of anilines is 9.